The van der Waals surface area contributed by atoms with Crippen molar-refractivity contribution in [1.82, 2.24) is 14.8 Å². The van der Waals surface area contributed by atoms with Gasteiger partial charge in [-0.05, 0) is 72.7 Å². The zero-order valence-electron chi connectivity index (χ0n) is 23.2. The molecular weight excluding hydrogens is 616 g/mol. The van der Waals surface area contributed by atoms with Crippen LogP contribution >= 0.6 is 11.3 Å². The van der Waals surface area contributed by atoms with Crippen LogP contribution in [0.1, 0.15) is 40.2 Å². The van der Waals surface area contributed by atoms with E-state index < -0.39 is 40.6 Å². The molecule has 1 saturated carbocycles. The maximum atomic E-state index is 15.1. The molecule has 1 atom stereocenters. The van der Waals surface area contributed by atoms with Crippen molar-refractivity contribution in [1.29, 1.82) is 0 Å². The van der Waals surface area contributed by atoms with E-state index in [0.29, 0.717) is 34.3 Å². The normalized spacial score (nSPS) is 13.8. The Bertz CT molecular complexity index is 1890. The van der Waals surface area contributed by atoms with E-state index in [0.717, 1.165) is 47.6 Å². The number of benzene rings is 3. The summed E-state index contributed by atoms with van der Waals surface area (Å²) in [5.41, 5.74) is 3.08. The predicted octanol–water partition coefficient (Wildman–Crippen LogP) is 6.87. The van der Waals surface area contributed by atoms with Crippen LogP contribution in [0.3, 0.4) is 0 Å². The number of thiazole rings is 1. The summed E-state index contributed by atoms with van der Waals surface area (Å²) >= 11 is -0.109. The summed E-state index contributed by atoms with van der Waals surface area (Å²) in [6, 6.07) is 12.1. The largest absolute Gasteiger partial charge is 0.476 e. The first-order chi connectivity index (χ1) is 21.1. The first-order valence-corrected chi connectivity index (χ1v) is 15.6. The van der Waals surface area contributed by atoms with Gasteiger partial charge in [0.15, 0.2) is 23.1 Å². The molecule has 13 heteroatoms. The van der Waals surface area contributed by atoms with E-state index in [1.807, 2.05) is 0 Å². The molecule has 0 radical (unpaired) electrons. The Kier molecular flexibility index (Phi) is 8.29. The van der Waals surface area contributed by atoms with Crippen molar-refractivity contribution >= 4 is 28.7 Å². The van der Waals surface area contributed by atoms with Crippen LogP contribution in [0.5, 0.6) is 0 Å². The molecule has 3 N–H and O–H groups in total. The Morgan fingerprint density at radius 1 is 1.02 bits per heavy atom. The van der Waals surface area contributed by atoms with E-state index in [-0.39, 0.29) is 28.1 Å². The summed E-state index contributed by atoms with van der Waals surface area (Å²) in [7, 11) is 1.40. The summed E-state index contributed by atoms with van der Waals surface area (Å²) in [5.74, 6) is -4.13. The highest BCUT2D eigenvalue weighted by Gasteiger charge is 2.30. The van der Waals surface area contributed by atoms with Crippen molar-refractivity contribution in [2.45, 2.75) is 30.6 Å². The van der Waals surface area contributed by atoms with E-state index in [2.05, 4.69) is 4.98 Å². The predicted molar refractivity (Wildman–Crippen MR) is 159 cm³/mol. The van der Waals surface area contributed by atoms with Gasteiger partial charge in [0.05, 0.1) is 18.5 Å². The van der Waals surface area contributed by atoms with Crippen molar-refractivity contribution in [2.75, 3.05) is 7.11 Å². The van der Waals surface area contributed by atoms with Gasteiger partial charge in [0.25, 0.3) is 11.4 Å². The molecule has 1 aliphatic rings. The maximum Gasteiger partial charge on any atom is 0.355 e. The van der Waals surface area contributed by atoms with Gasteiger partial charge >= 0.3 is 5.97 Å². The molecule has 0 saturated heterocycles. The van der Waals surface area contributed by atoms with E-state index in [1.165, 1.54) is 42.8 Å². The number of carboxylic acids is 1. The number of halogens is 4. The lowest BCUT2D eigenvalue weighted by molar-refractivity contribution is 0.0691. The fraction of sp³-hybridized carbons (Fsp3) is 0.194. The molecule has 226 valence electrons. The highest BCUT2D eigenvalue weighted by molar-refractivity contribution is 7.90. The summed E-state index contributed by atoms with van der Waals surface area (Å²) in [4.78, 5) is 16.1. The molecule has 44 heavy (non-hydrogen) atoms. The fourth-order valence-electron chi connectivity index (χ4n) is 4.99. The maximum absolute atomic E-state index is 15.1. The number of hydrogen-bond acceptors (Lipinski definition) is 6. The minimum Gasteiger partial charge on any atom is -0.476 e. The number of carbonyl (C=O) groups is 1. The monoisotopic (exact) mass is 641 g/mol. The molecular formula is C31H25F4N4O3S2+. The van der Waals surface area contributed by atoms with Crippen LogP contribution in [0.15, 0.2) is 64.9 Å². The average molecular weight is 642 g/mol. The lowest BCUT2D eigenvalue weighted by atomic mass is 9.95. The second-order valence-electron chi connectivity index (χ2n) is 10.4. The van der Waals surface area contributed by atoms with Crippen molar-refractivity contribution in [2.24, 2.45) is 11.1 Å². The van der Waals surface area contributed by atoms with E-state index in [1.54, 1.807) is 16.8 Å². The molecule has 1 unspecified atom stereocenters. The summed E-state index contributed by atoms with van der Waals surface area (Å²) in [5, 5.41) is 22.0. The van der Waals surface area contributed by atoms with Crippen LogP contribution < -0.4 is 5.14 Å². The number of nitrogens with zero attached hydrogens (tertiary/aromatic N) is 3. The minimum absolute atomic E-state index is 0.0398. The number of carboxylic acid groups (broad SMARTS) is 1. The first kappa shape index (κ1) is 30.0. The second kappa shape index (κ2) is 12.2. The second-order valence-corrected chi connectivity index (χ2v) is 12.6. The molecule has 2 aromatic heterocycles. The van der Waals surface area contributed by atoms with Gasteiger partial charge in [-0.2, -0.15) is 9.28 Å². The third kappa shape index (κ3) is 6.00. The highest BCUT2D eigenvalue weighted by Crippen LogP contribution is 2.39. The van der Waals surface area contributed by atoms with Gasteiger partial charge in [-0.15, -0.1) is 16.5 Å². The Labute approximate surface area is 256 Å². The van der Waals surface area contributed by atoms with Crippen molar-refractivity contribution in [3.8, 4) is 27.5 Å². The van der Waals surface area contributed by atoms with Crippen LogP contribution in [0, 0.1) is 29.2 Å². The van der Waals surface area contributed by atoms with Crippen LogP contribution in [-0.4, -0.2) is 33.0 Å². The average Bonchev–Trinajstić information content (AvgIpc) is 3.56. The highest BCUT2D eigenvalue weighted by atomic mass is 32.2. The fourth-order valence-corrected chi connectivity index (χ4v) is 6.40. The number of hydrogen-bond donors (Lipinski definition) is 2. The van der Waals surface area contributed by atoms with Crippen molar-refractivity contribution in [3.05, 3.63) is 106 Å². The molecule has 0 spiro atoms. The zero-order valence-corrected chi connectivity index (χ0v) is 24.8. The molecule has 1 aliphatic carbocycles. The van der Waals surface area contributed by atoms with Gasteiger partial charge in [0.2, 0.25) is 10.0 Å². The Hall–Kier alpha value is -4.04. The van der Waals surface area contributed by atoms with Crippen LogP contribution in [0.4, 0.5) is 17.6 Å². The number of aromatic nitrogens is 3. The van der Waals surface area contributed by atoms with Gasteiger partial charge in [0, 0.05) is 34.6 Å². The van der Waals surface area contributed by atoms with Crippen molar-refractivity contribution < 1.29 is 31.6 Å². The Morgan fingerprint density at radius 3 is 2.43 bits per heavy atom. The Balaban J connectivity index is 1.53. The zero-order chi connectivity index (χ0) is 31.1. The van der Waals surface area contributed by atoms with Gasteiger partial charge in [-0.1, -0.05) is 12.1 Å². The van der Waals surface area contributed by atoms with E-state index >= 15 is 8.78 Å². The molecule has 3 aromatic carbocycles. The first-order valence-electron chi connectivity index (χ1n) is 13.5. The quantitative estimate of drug-likeness (QED) is 0.127. The van der Waals surface area contributed by atoms with Gasteiger partial charge < -0.3 is 5.11 Å². The van der Waals surface area contributed by atoms with Gasteiger partial charge in [0.1, 0.15) is 5.82 Å². The molecule has 7 nitrogen and oxygen atoms in total. The smallest absolute Gasteiger partial charge is 0.355 e. The van der Waals surface area contributed by atoms with Gasteiger partial charge in [-0.3, -0.25) is 0 Å². The molecule has 1 fully saturated rings. The Morgan fingerprint density at radius 2 is 1.77 bits per heavy atom. The van der Waals surface area contributed by atoms with Crippen LogP contribution in [0.2, 0.25) is 0 Å². The topological polar surface area (TPSA) is 103 Å². The summed E-state index contributed by atoms with van der Waals surface area (Å²) in [6.07, 6.45) is 2.86. The molecule has 5 aromatic rings. The van der Waals surface area contributed by atoms with Crippen molar-refractivity contribution in [3.63, 3.8) is 0 Å². The summed E-state index contributed by atoms with van der Waals surface area (Å²) in [6.45, 7) is 0. The minimum atomic E-state index is -1.23. The molecule has 0 bridgehead atoms. The SMILES string of the molecule is CO[S+](N)c1ccc(Cc2c(-c3ccc(F)c(-c4ccc(F)c(F)c4)c3)nn(-c3nc(C(=O)O)cs3)c2CC2CC2)cc1F. The molecule has 2 heterocycles. The molecule has 6 rings (SSSR count). The van der Waals surface area contributed by atoms with E-state index in [9.17, 15) is 18.7 Å². The third-order valence-corrected chi connectivity index (χ3v) is 9.34. The number of nitrogens with two attached hydrogens (primary N) is 1. The number of rotatable bonds is 10. The molecule has 0 amide bonds. The lowest BCUT2D eigenvalue weighted by Crippen LogP contribution is -2.17. The van der Waals surface area contributed by atoms with E-state index in [4.69, 9.17) is 14.4 Å². The standard InChI is InChI=1S/C31H24F4N4O3S2/c1-42-44(36)28-9-4-17(11-25(28)35)10-21-27(12-16-2-3-16)39(31-37-26(15-43-31)30(40)41)38-29(21)19-6-7-22(32)20(13-19)18-5-8-23(33)24(34)14-18/h4-9,11,13-16H,2-3,10,12,36H2,1H3/p+1. The lowest BCUT2D eigenvalue weighted by Gasteiger charge is -2.10. The van der Waals surface area contributed by atoms with Gasteiger partial charge in [-0.25, -0.2) is 32.0 Å². The van der Waals surface area contributed by atoms with Crippen LogP contribution in [0.25, 0.3) is 27.5 Å². The summed E-state index contributed by atoms with van der Waals surface area (Å²) < 4.78 is 64.6. The van der Waals surface area contributed by atoms with Crippen LogP contribution in [-0.2, 0) is 28.4 Å². The number of aromatic carboxylic acids is 1. The molecule has 0 aliphatic heterocycles. The third-order valence-electron chi connectivity index (χ3n) is 7.41.